The average molecular weight is 477 g/mol. The number of carbonyl (C=O) groups excluding carboxylic acids is 1. The van der Waals surface area contributed by atoms with Gasteiger partial charge in [-0.3, -0.25) is 4.79 Å². The Morgan fingerprint density at radius 3 is 2.42 bits per heavy atom. The van der Waals surface area contributed by atoms with Gasteiger partial charge in [0.1, 0.15) is 5.58 Å². The summed E-state index contributed by atoms with van der Waals surface area (Å²) >= 11 is 0. The van der Waals surface area contributed by atoms with Crippen LogP contribution in [0.2, 0.25) is 0 Å². The molecule has 1 aliphatic rings. The molecule has 2 aromatic rings. The Morgan fingerprint density at radius 1 is 1.12 bits per heavy atom. The summed E-state index contributed by atoms with van der Waals surface area (Å²) in [6.07, 6.45) is 6.83. The van der Waals surface area contributed by atoms with E-state index in [4.69, 9.17) is 4.42 Å². The minimum absolute atomic E-state index is 0.135. The molecule has 184 valence electrons. The molecule has 1 amide bonds. The van der Waals surface area contributed by atoms with E-state index in [1.165, 1.54) is 6.42 Å². The molecule has 1 N–H and O–H groups in total. The summed E-state index contributed by atoms with van der Waals surface area (Å²) in [7, 11) is -3.61. The van der Waals surface area contributed by atoms with Crippen molar-refractivity contribution in [3.05, 3.63) is 29.5 Å². The molecule has 1 aromatic heterocycles. The number of benzene rings is 1. The highest BCUT2D eigenvalue weighted by Gasteiger charge is 2.30. The van der Waals surface area contributed by atoms with Crippen LogP contribution in [0.4, 0.5) is 0 Å². The monoisotopic (exact) mass is 476 g/mol. The van der Waals surface area contributed by atoms with Gasteiger partial charge in [-0.25, -0.2) is 8.42 Å². The van der Waals surface area contributed by atoms with Gasteiger partial charge in [0.2, 0.25) is 10.0 Å². The van der Waals surface area contributed by atoms with Gasteiger partial charge < -0.3 is 9.73 Å². The van der Waals surface area contributed by atoms with E-state index >= 15 is 0 Å². The van der Waals surface area contributed by atoms with Crippen molar-refractivity contribution in [2.75, 3.05) is 13.1 Å². The molecule has 1 fully saturated rings. The van der Waals surface area contributed by atoms with Crippen LogP contribution in [-0.4, -0.2) is 37.8 Å². The molecular weight excluding hydrogens is 436 g/mol. The molecule has 0 radical (unpaired) electrons. The minimum atomic E-state index is -3.61. The first-order chi connectivity index (χ1) is 15.7. The summed E-state index contributed by atoms with van der Waals surface area (Å²) in [5, 5.41) is 3.85. The molecule has 1 heterocycles. The van der Waals surface area contributed by atoms with Crippen molar-refractivity contribution in [3.8, 4) is 0 Å². The number of nitrogens with one attached hydrogen (secondary N) is 1. The predicted molar refractivity (Wildman–Crippen MR) is 133 cm³/mol. The molecule has 1 saturated carbocycles. The number of amides is 1. The molecule has 0 saturated heterocycles. The molecule has 0 unspecified atom stereocenters. The van der Waals surface area contributed by atoms with Crippen LogP contribution in [0.15, 0.2) is 27.5 Å². The van der Waals surface area contributed by atoms with Gasteiger partial charge in [0, 0.05) is 30.1 Å². The second kappa shape index (κ2) is 11.0. The second-order valence-electron chi connectivity index (χ2n) is 9.67. The summed E-state index contributed by atoms with van der Waals surface area (Å²) in [6, 6.07) is 5.07. The number of rotatable bonds is 10. The van der Waals surface area contributed by atoms with Gasteiger partial charge in [-0.05, 0) is 56.2 Å². The standard InChI is InChI=1S/C26H40N2O4S/c1-6-8-15-28(16-9-7-2)33(30,31)21-13-14-24-22(17-21)20(5)25(32-24)26(29)27-23-12-10-11-18(3)19(23)4/h13-14,17-19,23H,6-12,15-16H2,1-5H3,(H,27,29)/t18-,19+,23-/m1/s1. The van der Waals surface area contributed by atoms with E-state index in [0.29, 0.717) is 41.5 Å². The SMILES string of the molecule is CCCCN(CCCC)S(=O)(=O)c1ccc2oc(C(=O)N[C@@H]3CCC[C@@H](C)[C@@H]3C)c(C)c2c1. The molecule has 0 aliphatic heterocycles. The summed E-state index contributed by atoms with van der Waals surface area (Å²) in [5.74, 6) is 1.06. The van der Waals surface area contributed by atoms with E-state index in [9.17, 15) is 13.2 Å². The Kier molecular flexibility index (Phi) is 8.62. The van der Waals surface area contributed by atoms with Crippen LogP contribution >= 0.6 is 0 Å². The summed E-state index contributed by atoms with van der Waals surface area (Å²) in [5.41, 5.74) is 1.22. The molecule has 3 rings (SSSR count). The number of nitrogens with zero attached hydrogens (tertiary/aromatic N) is 1. The van der Waals surface area contributed by atoms with Gasteiger partial charge in [0.25, 0.3) is 5.91 Å². The number of aryl methyl sites for hydroxylation is 1. The van der Waals surface area contributed by atoms with E-state index in [0.717, 1.165) is 38.5 Å². The Morgan fingerprint density at radius 2 is 1.79 bits per heavy atom. The van der Waals surface area contributed by atoms with Crippen LogP contribution in [0.3, 0.4) is 0 Å². The topological polar surface area (TPSA) is 79.6 Å². The Hall–Kier alpha value is -1.86. The van der Waals surface area contributed by atoms with Crippen LogP contribution in [0.1, 0.15) is 88.8 Å². The van der Waals surface area contributed by atoms with Crippen LogP contribution < -0.4 is 5.32 Å². The van der Waals surface area contributed by atoms with Crippen molar-refractivity contribution >= 4 is 26.9 Å². The lowest BCUT2D eigenvalue weighted by Gasteiger charge is -2.34. The first-order valence-electron chi connectivity index (χ1n) is 12.5. The maximum absolute atomic E-state index is 13.4. The van der Waals surface area contributed by atoms with Gasteiger partial charge in [-0.2, -0.15) is 4.31 Å². The number of furan rings is 1. The second-order valence-corrected chi connectivity index (χ2v) is 11.6. The van der Waals surface area contributed by atoms with E-state index in [2.05, 4.69) is 33.0 Å². The fourth-order valence-corrected chi connectivity index (χ4v) is 6.31. The van der Waals surface area contributed by atoms with Crippen molar-refractivity contribution in [2.45, 2.75) is 90.5 Å². The Balaban J connectivity index is 1.87. The molecule has 1 aromatic carbocycles. The van der Waals surface area contributed by atoms with Crippen LogP contribution in [-0.2, 0) is 10.0 Å². The highest BCUT2D eigenvalue weighted by atomic mass is 32.2. The van der Waals surface area contributed by atoms with Crippen molar-refractivity contribution in [2.24, 2.45) is 11.8 Å². The van der Waals surface area contributed by atoms with Crippen molar-refractivity contribution in [1.82, 2.24) is 9.62 Å². The molecule has 0 spiro atoms. The van der Waals surface area contributed by atoms with Gasteiger partial charge in [0.15, 0.2) is 5.76 Å². The quantitative estimate of drug-likeness (QED) is 0.464. The van der Waals surface area contributed by atoms with Crippen LogP contribution in [0.25, 0.3) is 11.0 Å². The van der Waals surface area contributed by atoms with E-state index in [-0.39, 0.29) is 22.6 Å². The Labute approximate surface area is 199 Å². The van der Waals surface area contributed by atoms with E-state index < -0.39 is 10.0 Å². The van der Waals surface area contributed by atoms with Gasteiger partial charge in [-0.15, -0.1) is 0 Å². The maximum atomic E-state index is 13.4. The number of hydrogen-bond donors (Lipinski definition) is 1. The van der Waals surface area contributed by atoms with Gasteiger partial charge in [0.05, 0.1) is 4.90 Å². The third-order valence-electron chi connectivity index (χ3n) is 7.30. The van der Waals surface area contributed by atoms with Crippen molar-refractivity contribution < 1.29 is 17.6 Å². The predicted octanol–water partition coefficient (Wildman–Crippen LogP) is 5.89. The summed E-state index contributed by atoms with van der Waals surface area (Å²) < 4.78 is 34.3. The highest BCUT2D eigenvalue weighted by Crippen LogP contribution is 2.32. The first-order valence-corrected chi connectivity index (χ1v) is 14.0. The molecule has 3 atom stereocenters. The fraction of sp³-hybridized carbons (Fsp3) is 0.654. The fourth-order valence-electron chi connectivity index (χ4n) is 4.77. The zero-order valence-electron chi connectivity index (χ0n) is 20.8. The molecule has 0 bridgehead atoms. The lowest BCUT2D eigenvalue weighted by Crippen LogP contribution is -2.43. The summed E-state index contributed by atoms with van der Waals surface area (Å²) in [4.78, 5) is 13.3. The number of unbranched alkanes of at least 4 members (excludes halogenated alkanes) is 2. The van der Waals surface area contributed by atoms with Crippen molar-refractivity contribution in [1.29, 1.82) is 0 Å². The number of hydrogen-bond acceptors (Lipinski definition) is 4. The largest absolute Gasteiger partial charge is 0.451 e. The van der Waals surface area contributed by atoms with E-state index in [1.54, 1.807) is 22.5 Å². The van der Waals surface area contributed by atoms with Crippen LogP contribution in [0.5, 0.6) is 0 Å². The zero-order valence-corrected chi connectivity index (χ0v) is 21.6. The molecule has 6 nitrogen and oxygen atoms in total. The lowest BCUT2D eigenvalue weighted by atomic mass is 9.78. The normalized spacial score (nSPS) is 21.6. The zero-order chi connectivity index (χ0) is 24.2. The summed E-state index contributed by atoms with van der Waals surface area (Å²) in [6.45, 7) is 11.4. The number of carbonyl (C=O) groups is 1. The smallest absolute Gasteiger partial charge is 0.287 e. The van der Waals surface area contributed by atoms with E-state index in [1.807, 2.05) is 6.92 Å². The first kappa shape index (κ1) is 25.8. The number of fused-ring (bicyclic) bond motifs is 1. The average Bonchev–Trinajstić information content (AvgIpc) is 3.13. The molecular formula is C26H40N2O4S. The van der Waals surface area contributed by atoms with Crippen LogP contribution in [0, 0.1) is 18.8 Å². The van der Waals surface area contributed by atoms with Gasteiger partial charge >= 0.3 is 0 Å². The molecule has 33 heavy (non-hydrogen) atoms. The van der Waals surface area contributed by atoms with Gasteiger partial charge in [-0.1, -0.05) is 53.4 Å². The maximum Gasteiger partial charge on any atom is 0.287 e. The molecule has 1 aliphatic carbocycles. The van der Waals surface area contributed by atoms with Crippen molar-refractivity contribution in [3.63, 3.8) is 0 Å². The molecule has 7 heteroatoms. The number of sulfonamides is 1. The third-order valence-corrected chi connectivity index (χ3v) is 9.19. The minimum Gasteiger partial charge on any atom is -0.451 e. The lowest BCUT2D eigenvalue weighted by molar-refractivity contribution is 0.0864. The third kappa shape index (κ3) is 5.62. The highest BCUT2D eigenvalue weighted by molar-refractivity contribution is 7.89. The Bertz CT molecular complexity index is 1050.